The Bertz CT molecular complexity index is 992. The summed E-state index contributed by atoms with van der Waals surface area (Å²) in [6.07, 6.45) is 1.88. The molecule has 2 heterocycles. The number of nitrogens with one attached hydrogen (secondary N) is 1. The van der Waals surface area contributed by atoms with E-state index in [2.05, 4.69) is 5.32 Å². The molecule has 9 nitrogen and oxygen atoms in total. The smallest absolute Gasteiger partial charge is 0.323 e. The van der Waals surface area contributed by atoms with Crippen molar-refractivity contribution in [3.8, 4) is 6.07 Å². The first kappa shape index (κ1) is 19.8. The second kappa shape index (κ2) is 7.09. The molecule has 1 N–H and O–H groups in total. The van der Waals surface area contributed by atoms with Crippen molar-refractivity contribution in [2.75, 3.05) is 32.8 Å². The minimum Gasteiger partial charge on any atom is -0.323 e. The van der Waals surface area contributed by atoms with Crippen LogP contribution >= 0.6 is 0 Å². The Labute approximate surface area is 169 Å². The summed E-state index contributed by atoms with van der Waals surface area (Å²) in [5.74, 6) is -0.00542. The SMILES string of the molecule is C[C@]1(C2CC2)NC(=O)N(CN2CCN(S(=O)(=O)c3ccccc3C#N)CC2)C1=O. The second-order valence-electron chi connectivity index (χ2n) is 7.91. The van der Waals surface area contributed by atoms with Gasteiger partial charge in [0.2, 0.25) is 10.0 Å². The molecule has 1 aromatic rings. The van der Waals surface area contributed by atoms with Crippen molar-refractivity contribution >= 4 is 22.0 Å². The summed E-state index contributed by atoms with van der Waals surface area (Å²) >= 11 is 0. The van der Waals surface area contributed by atoms with Crippen LogP contribution in [0.5, 0.6) is 0 Å². The number of imide groups is 1. The third-order valence-corrected chi connectivity index (χ3v) is 7.95. The van der Waals surface area contributed by atoms with Crippen molar-refractivity contribution < 1.29 is 18.0 Å². The van der Waals surface area contributed by atoms with Crippen LogP contribution < -0.4 is 5.32 Å². The zero-order chi connectivity index (χ0) is 20.8. The van der Waals surface area contributed by atoms with Gasteiger partial charge in [-0.25, -0.2) is 18.1 Å². The number of piperazine rings is 1. The lowest BCUT2D eigenvalue weighted by Gasteiger charge is -2.35. The molecule has 4 rings (SSSR count). The molecule has 1 aliphatic carbocycles. The molecule has 1 saturated carbocycles. The average Bonchev–Trinajstić information content (AvgIpc) is 3.54. The fourth-order valence-electron chi connectivity index (χ4n) is 4.02. The van der Waals surface area contributed by atoms with E-state index in [0.717, 1.165) is 12.8 Å². The number of rotatable bonds is 5. The topological polar surface area (TPSA) is 114 Å². The van der Waals surface area contributed by atoms with Gasteiger partial charge in [-0.2, -0.15) is 9.57 Å². The molecule has 3 fully saturated rings. The summed E-state index contributed by atoms with van der Waals surface area (Å²) in [5.41, 5.74) is -0.697. The number of nitriles is 1. The summed E-state index contributed by atoms with van der Waals surface area (Å²) in [7, 11) is -3.77. The number of hydrogen-bond donors (Lipinski definition) is 1. The van der Waals surface area contributed by atoms with Gasteiger partial charge >= 0.3 is 6.03 Å². The number of urea groups is 1. The van der Waals surface area contributed by atoms with E-state index in [1.165, 1.54) is 21.3 Å². The van der Waals surface area contributed by atoms with Crippen LogP contribution in [0.25, 0.3) is 0 Å². The zero-order valence-electron chi connectivity index (χ0n) is 16.2. The maximum absolute atomic E-state index is 12.9. The summed E-state index contributed by atoms with van der Waals surface area (Å²) in [5, 5.41) is 12.0. The predicted octanol–water partition coefficient (Wildman–Crippen LogP) is 0.543. The number of hydrogen-bond acceptors (Lipinski definition) is 6. The number of nitrogens with zero attached hydrogens (tertiary/aromatic N) is 4. The first-order valence-electron chi connectivity index (χ1n) is 9.63. The zero-order valence-corrected chi connectivity index (χ0v) is 17.0. The molecule has 29 heavy (non-hydrogen) atoms. The van der Waals surface area contributed by atoms with Crippen molar-refractivity contribution in [1.29, 1.82) is 5.26 Å². The van der Waals surface area contributed by atoms with Gasteiger partial charge in [0.15, 0.2) is 0 Å². The van der Waals surface area contributed by atoms with Crippen LogP contribution in [-0.4, -0.2) is 72.8 Å². The van der Waals surface area contributed by atoms with Gasteiger partial charge in [-0.05, 0) is 37.8 Å². The van der Waals surface area contributed by atoms with E-state index in [4.69, 9.17) is 0 Å². The van der Waals surface area contributed by atoms with Gasteiger partial charge in [0.1, 0.15) is 11.6 Å². The highest BCUT2D eigenvalue weighted by Gasteiger charge is 2.56. The fraction of sp³-hybridized carbons (Fsp3) is 0.526. The monoisotopic (exact) mass is 417 g/mol. The average molecular weight is 417 g/mol. The first-order valence-corrected chi connectivity index (χ1v) is 11.1. The Morgan fingerprint density at radius 2 is 1.83 bits per heavy atom. The highest BCUT2D eigenvalue weighted by molar-refractivity contribution is 7.89. The summed E-state index contributed by atoms with van der Waals surface area (Å²) < 4.78 is 27.2. The Kier molecular flexibility index (Phi) is 4.85. The maximum Gasteiger partial charge on any atom is 0.326 e. The van der Waals surface area contributed by atoms with E-state index in [9.17, 15) is 23.3 Å². The number of benzene rings is 1. The summed E-state index contributed by atoms with van der Waals surface area (Å²) in [6.45, 7) is 3.17. The molecule has 0 spiro atoms. The molecule has 1 aromatic carbocycles. The van der Waals surface area contributed by atoms with Gasteiger partial charge in [-0.1, -0.05) is 12.1 Å². The van der Waals surface area contributed by atoms with Crippen LogP contribution in [0, 0.1) is 17.2 Å². The molecule has 3 aliphatic rings. The normalized spacial score (nSPS) is 26.4. The maximum atomic E-state index is 12.9. The lowest BCUT2D eigenvalue weighted by Crippen LogP contribution is -2.53. The first-order chi connectivity index (χ1) is 13.8. The highest BCUT2D eigenvalue weighted by atomic mass is 32.2. The molecular weight excluding hydrogens is 394 g/mol. The van der Waals surface area contributed by atoms with Crippen molar-refractivity contribution in [3.05, 3.63) is 29.8 Å². The standard InChI is InChI=1S/C19H23N5O4S/c1-19(15-6-7-15)17(25)24(18(26)21-19)13-22-8-10-23(11-9-22)29(27,28)16-5-3-2-4-14(16)12-20/h2-5,15H,6-11,13H2,1H3,(H,21,26)/t19-/m1/s1. The van der Waals surface area contributed by atoms with Gasteiger partial charge in [0.25, 0.3) is 5.91 Å². The van der Waals surface area contributed by atoms with Crippen LogP contribution in [0.3, 0.4) is 0 Å². The molecule has 3 amide bonds. The van der Waals surface area contributed by atoms with Gasteiger partial charge in [-0.15, -0.1) is 0 Å². The van der Waals surface area contributed by atoms with Crippen LogP contribution in [0.1, 0.15) is 25.3 Å². The highest BCUT2D eigenvalue weighted by Crippen LogP contribution is 2.42. The number of sulfonamides is 1. The summed E-state index contributed by atoms with van der Waals surface area (Å²) in [4.78, 5) is 28.2. The fourth-order valence-corrected chi connectivity index (χ4v) is 5.58. The molecule has 2 saturated heterocycles. The molecule has 0 radical (unpaired) electrons. The molecule has 0 unspecified atom stereocenters. The van der Waals surface area contributed by atoms with E-state index >= 15 is 0 Å². The van der Waals surface area contributed by atoms with E-state index in [-0.39, 0.29) is 48.1 Å². The van der Waals surface area contributed by atoms with Gasteiger partial charge < -0.3 is 5.32 Å². The molecular formula is C19H23N5O4S. The number of carbonyl (C=O) groups excluding carboxylic acids is 2. The van der Waals surface area contributed by atoms with Crippen LogP contribution in [0.15, 0.2) is 29.2 Å². The molecule has 1 atom stereocenters. The van der Waals surface area contributed by atoms with E-state index in [0.29, 0.717) is 13.1 Å². The second-order valence-corrected chi connectivity index (χ2v) is 9.82. The summed E-state index contributed by atoms with van der Waals surface area (Å²) in [6, 6.07) is 7.68. The van der Waals surface area contributed by atoms with Gasteiger partial charge in [-0.3, -0.25) is 9.69 Å². The van der Waals surface area contributed by atoms with Crippen molar-refractivity contribution in [1.82, 2.24) is 19.4 Å². The minimum absolute atomic E-state index is 0.00486. The molecule has 154 valence electrons. The Morgan fingerprint density at radius 1 is 1.17 bits per heavy atom. The van der Waals surface area contributed by atoms with E-state index in [1.54, 1.807) is 19.1 Å². The van der Waals surface area contributed by atoms with Crippen molar-refractivity contribution in [2.24, 2.45) is 5.92 Å². The molecule has 0 bridgehead atoms. The third kappa shape index (κ3) is 3.39. The van der Waals surface area contributed by atoms with Crippen LogP contribution in [0.4, 0.5) is 4.79 Å². The number of amides is 3. The predicted molar refractivity (Wildman–Crippen MR) is 103 cm³/mol. The van der Waals surface area contributed by atoms with Crippen LogP contribution in [0.2, 0.25) is 0 Å². The minimum atomic E-state index is -3.77. The molecule has 2 aliphatic heterocycles. The lowest BCUT2D eigenvalue weighted by atomic mass is 9.96. The molecule has 10 heteroatoms. The third-order valence-electron chi connectivity index (χ3n) is 5.99. The Morgan fingerprint density at radius 3 is 2.45 bits per heavy atom. The lowest BCUT2D eigenvalue weighted by molar-refractivity contribution is -0.133. The largest absolute Gasteiger partial charge is 0.326 e. The van der Waals surface area contributed by atoms with E-state index in [1.807, 2.05) is 11.0 Å². The Balaban J connectivity index is 1.41. The van der Waals surface area contributed by atoms with Crippen molar-refractivity contribution in [3.63, 3.8) is 0 Å². The van der Waals surface area contributed by atoms with Gasteiger partial charge in [0.05, 0.1) is 17.1 Å². The van der Waals surface area contributed by atoms with Crippen LogP contribution in [-0.2, 0) is 14.8 Å². The quantitative estimate of drug-likeness (QED) is 0.700. The van der Waals surface area contributed by atoms with Crippen molar-refractivity contribution in [2.45, 2.75) is 30.2 Å². The van der Waals surface area contributed by atoms with E-state index < -0.39 is 15.6 Å². The molecule has 0 aromatic heterocycles. The number of carbonyl (C=O) groups is 2. The Hall–Kier alpha value is -2.48. The van der Waals surface area contributed by atoms with Gasteiger partial charge in [0, 0.05) is 26.2 Å².